The molecule has 2 heterocycles. The molecule has 2 aromatic rings. The van der Waals surface area contributed by atoms with Gasteiger partial charge in [0.2, 0.25) is 11.7 Å². The number of imidazole rings is 1. The Balaban J connectivity index is 2.07. The molecule has 2 rings (SSSR count). The van der Waals surface area contributed by atoms with Crippen molar-refractivity contribution in [3.05, 3.63) is 29.9 Å². The van der Waals surface area contributed by atoms with Gasteiger partial charge in [0.15, 0.2) is 0 Å². The number of hydrogen-bond acceptors (Lipinski definition) is 6. The van der Waals surface area contributed by atoms with Gasteiger partial charge in [-0.2, -0.15) is 4.98 Å². The molecule has 0 aliphatic carbocycles. The molecule has 0 aliphatic heterocycles. The Labute approximate surface area is 111 Å². The minimum atomic E-state index is -0.355. The van der Waals surface area contributed by atoms with Crippen molar-refractivity contribution in [3.63, 3.8) is 0 Å². The number of hydrogen-bond donors (Lipinski definition) is 2. The molecule has 0 fully saturated rings. The molecule has 7 heteroatoms. The average Bonchev–Trinajstić information content (AvgIpc) is 3.00. The third kappa shape index (κ3) is 3.18. The summed E-state index contributed by atoms with van der Waals surface area (Å²) in [5.74, 6) is 1.21. The zero-order chi connectivity index (χ0) is 13.8. The fourth-order valence-corrected chi connectivity index (χ4v) is 1.91. The summed E-state index contributed by atoms with van der Waals surface area (Å²) in [7, 11) is 1.63. The minimum Gasteiger partial charge on any atom is -0.373 e. The van der Waals surface area contributed by atoms with Gasteiger partial charge in [0, 0.05) is 25.4 Å². The van der Waals surface area contributed by atoms with Gasteiger partial charge in [-0.3, -0.25) is 0 Å². The molecule has 0 saturated carbocycles. The average molecular weight is 265 g/mol. The first-order valence-corrected chi connectivity index (χ1v) is 6.21. The van der Waals surface area contributed by atoms with Crippen molar-refractivity contribution < 1.29 is 9.26 Å². The van der Waals surface area contributed by atoms with Crippen molar-refractivity contribution in [2.24, 2.45) is 11.7 Å². The largest absolute Gasteiger partial charge is 0.373 e. The third-order valence-corrected chi connectivity index (χ3v) is 2.88. The minimum absolute atomic E-state index is 0.183. The van der Waals surface area contributed by atoms with Crippen LogP contribution in [0.2, 0.25) is 0 Å². The molecule has 2 aromatic heterocycles. The van der Waals surface area contributed by atoms with Crippen LogP contribution in [0.5, 0.6) is 0 Å². The van der Waals surface area contributed by atoms with Crippen LogP contribution in [0.25, 0.3) is 0 Å². The van der Waals surface area contributed by atoms with Gasteiger partial charge in [-0.1, -0.05) is 19.0 Å². The maximum absolute atomic E-state index is 6.03. The van der Waals surface area contributed by atoms with Crippen LogP contribution in [0.1, 0.15) is 43.4 Å². The molecule has 0 aromatic carbocycles. The van der Waals surface area contributed by atoms with E-state index in [1.807, 2.05) is 13.8 Å². The first-order valence-electron chi connectivity index (χ1n) is 6.21. The van der Waals surface area contributed by atoms with Crippen molar-refractivity contribution >= 4 is 0 Å². The third-order valence-electron chi connectivity index (χ3n) is 2.88. The number of rotatable bonds is 6. The van der Waals surface area contributed by atoms with Crippen LogP contribution in [0.15, 0.2) is 17.0 Å². The van der Waals surface area contributed by atoms with Crippen LogP contribution in [0.3, 0.4) is 0 Å². The zero-order valence-electron chi connectivity index (χ0n) is 11.3. The van der Waals surface area contributed by atoms with E-state index in [0.717, 1.165) is 5.69 Å². The van der Waals surface area contributed by atoms with Gasteiger partial charge in [0.25, 0.3) is 0 Å². The van der Waals surface area contributed by atoms with Crippen molar-refractivity contribution in [2.45, 2.75) is 32.4 Å². The molecule has 3 N–H and O–H groups in total. The highest BCUT2D eigenvalue weighted by molar-refractivity contribution is 5.03. The van der Waals surface area contributed by atoms with Crippen LogP contribution in [0, 0.1) is 5.92 Å². The molecule has 0 spiro atoms. The summed E-state index contributed by atoms with van der Waals surface area (Å²) in [6.07, 6.45) is 3.72. The molecule has 2 atom stereocenters. The van der Waals surface area contributed by atoms with Crippen molar-refractivity contribution in [1.82, 2.24) is 20.1 Å². The van der Waals surface area contributed by atoms with E-state index in [1.165, 1.54) is 0 Å². The normalized spacial score (nSPS) is 14.8. The lowest BCUT2D eigenvalue weighted by atomic mass is 10.1. The Morgan fingerprint density at radius 2 is 2.26 bits per heavy atom. The summed E-state index contributed by atoms with van der Waals surface area (Å²) in [5, 5.41) is 3.94. The summed E-state index contributed by atoms with van der Waals surface area (Å²) in [6.45, 7) is 4.07. The molecule has 7 nitrogen and oxygen atoms in total. The first kappa shape index (κ1) is 13.7. The highest BCUT2D eigenvalue weighted by Crippen LogP contribution is 2.23. The van der Waals surface area contributed by atoms with E-state index in [-0.39, 0.29) is 18.1 Å². The van der Waals surface area contributed by atoms with E-state index in [1.54, 1.807) is 19.6 Å². The van der Waals surface area contributed by atoms with Gasteiger partial charge in [-0.15, -0.1) is 0 Å². The summed E-state index contributed by atoms with van der Waals surface area (Å²) in [6, 6.07) is -0.355. The molecule has 0 bridgehead atoms. The monoisotopic (exact) mass is 265 g/mol. The van der Waals surface area contributed by atoms with Crippen LogP contribution >= 0.6 is 0 Å². The molecule has 0 saturated heterocycles. The summed E-state index contributed by atoms with van der Waals surface area (Å²) in [4.78, 5) is 11.3. The highest BCUT2D eigenvalue weighted by Gasteiger charge is 2.23. The van der Waals surface area contributed by atoms with Crippen molar-refractivity contribution in [3.8, 4) is 0 Å². The number of aromatic amines is 1. The lowest BCUT2D eigenvalue weighted by Gasteiger charge is -2.14. The maximum atomic E-state index is 6.03. The van der Waals surface area contributed by atoms with Crippen LogP contribution < -0.4 is 5.73 Å². The molecule has 0 radical (unpaired) electrons. The SMILES string of the molecule is COC(c1noc([C@@H](N)Cc2cnc[nH]2)n1)C(C)C. The number of H-pyrrole nitrogens is 1. The molecule has 1 unspecified atom stereocenters. The quantitative estimate of drug-likeness (QED) is 0.817. The first-order chi connectivity index (χ1) is 9.11. The van der Waals surface area contributed by atoms with E-state index < -0.39 is 0 Å². The fourth-order valence-electron chi connectivity index (χ4n) is 1.91. The van der Waals surface area contributed by atoms with E-state index in [4.69, 9.17) is 15.0 Å². The molecular weight excluding hydrogens is 246 g/mol. The van der Waals surface area contributed by atoms with Gasteiger partial charge < -0.3 is 20.0 Å². The molecule has 19 heavy (non-hydrogen) atoms. The summed E-state index contributed by atoms with van der Waals surface area (Å²) in [5.41, 5.74) is 6.96. The topological polar surface area (TPSA) is 103 Å². The molecule has 0 amide bonds. The second-order valence-corrected chi connectivity index (χ2v) is 4.78. The predicted molar refractivity (Wildman–Crippen MR) is 68.1 cm³/mol. The zero-order valence-corrected chi connectivity index (χ0v) is 11.3. The number of nitrogens with one attached hydrogen (secondary N) is 1. The Bertz CT molecular complexity index is 494. The smallest absolute Gasteiger partial charge is 0.244 e. The standard InChI is InChI=1S/C12H19N5O2/c1-7(2)10(18-3)11-16-12(19-17-11)9(13)4-8-5-14-6-15-8/h5-7,9-10H,4,13H2,1-3H3,(H,14,15)/t9-,10?/m0/s1. The maximum Gasteiger partial charge on any atom is 0.244 e. The Morgan fingerprint density at radius 1 is 1.47 bits per heavy atom. The summed E-state index contributed by atoms with van der Waals surface area (Å²) >= 11 is 0. The van der Waals surface area contributed by atoms with E-state index in [2.05, 4.69) is 20.1 Å². The molecule has 104 valence electrons. The Hall–Kier alpha value is -1.73. The van der Waals surface area contributed by atoms with E-state index in [9.17, 15) is 0 Å². The van der Waals surface area contributed by atoms with Gasteiger partial charge in [-0.25, -0.2) is 4.98 Å². The van der Waals surface area contributed by atoms with Gasteiger partial charge >= 0.3 is 0 Å². The van der Waals surface area contributed by atoms with Crippen molar-refractivity contribution in [1.29, 1.82) is 0 Å². The van der Waals surface area contributed by atoms with Gasteiger partial charge in [0.05, 0.1) is 12.4 Å². The van der Waals surface area contributed by atoms with Crippen molar-refractivity contribution in [2.75, 3.05) is 7.11 Å². The van der Waals surface area contributed by atoms with Gasteiger partial charge in [-0.05, 0) is 5.92 Å². The van der Waals surface area contributed by atoms with Crippen LogP contribution in [-0.2, 0) is 11.2 Å². The van der Waals surface area contributed by atoms with Crippen LogP contribution in [0.4, 0.5) is 0 Å². The fraction of sp³-hybridized carbons (Fsp3) is 0.583. The molecular formula is C12H19N5O2. The summed E-state index contributed by atoms with van der Waals surface area (Å²) < 4.78 is 10.6. The van der Waals surface area contributed by atoms with Gasteiger partial charge in [0.1, 0.15) is 6.10 Å². The number of aromatic nitrogens is 4. The number of nitrogens with zero attached hydrogens (tertiary/aromatic N) is 3. The molecule has 0 aliphatic rings. The van der Waals surface area contributed by atoms with E-state index in [0.29, 0.717) is 18.1 Å². The Morgan fingerprint density at radius 3 is 2.84 bits per heavy atom. The lowest BCUT2D eigenvalue weighted by Crippen LogP contribution is -2.15. The Kier molecular flexibility index (Phi) is 4.28. The number of nitrogens with two attached hydrogens (primary N) is 1. The highest BCUT2D eigenvalue weighted by atomic mass is 16.5. The number of methoxy groups -OCH3 is 1. The van der Waals surface area contributed by atoms with Crippen LogP contribution in [-0.4, -0.2) is 27.2 Å². The second kappa shape index (κ2) is 5.94. The van der Waals surface area contributed by atoms with E-state index >= 15 is 0 Å². The predicted octanol–water partition coefficient (Wildman–Crippen LogP) is 1.38. The number of ether oxygens (including phenoxy) is 1. The lowest BCUT2D eigenvalue weighted by molar-refractivity contribution is 0.0555. The second-order valence-electron chi connectivity index (χ2n) is 4.78.